The summed E-state index contributed by atoms with van der Waals surface area (Å²) in [5.41, 5.74) is 0.658. The molecule has 9 heteroatoms. The number of ether oxygens (including phenoxy) is 1. The molecule has 0 atom stereocenters. The summed E-state index contributed by atoms with van der Waals surface area (Å²) in [7, 11) is 1.40. The quantitative estimate of drug-likeness (QED) is 0.555. The minimum absolute atomic E-state index is 0.105. The Morgan fingerprint density at radius 3 is 2.79 bits per heavy atom. The molecule has 0 radical (unpaired) electrons. The summed E-state index contributed by atoms with van der Waals surface area (Å²) in [5.74, 6) is -0.137. The van der Waals surface area contributed by atoms with Gasteiger partial charge in [-0.2, -0.15) is 0 Å². The number of methoxy groups -OCH3 is 1. The first-order chi connectivity index (χ1) is 11.5. The van der Waals surface area contributed by atoms with Crippen LogP contribution in [0.3, 0.4) is 0 Å². The fourth-order valence-corrected chi connectivity index (χ4v) is 3.24. The maximum atomic E-state index is 12.3. The SMILES string of the molecule is COc1cc([N+](=O)[O-])cc2sc(NC(=O)c3ccccc3Cl)nc12. The Balaban J connectivity index is 1.98. The van der Waals surface area contributed by atoms with Crippen molar-refractivity contribution in [2.45, 2.75) is 0 Å². The number of fused-ring (bicyclic) bond motifs is 1. The van der Waals surface area contributed by atoms with E-state index in [1.165, 1.54) is 19.2 Å². The van der Waals surface area contributed by atoms with E-state index in [0.29, 0.717) is 25.9 Å². The van der Waals surface area contributed by atoms with Crippen molar-refractivity contribution in [3.63, 3.8) is 0 Å². The van der Waals surface area contributed by atoms with E-state index in [-0.39, 0.29) is 11.4 Å². The normalized spacial score (nSPS) is 10.6. The van der Waals surface area contributed by atoms with Gasteiger partial charge in [0.25, 0.3) is 11.6 Å². The number of anilines is 1. The van der Waals surface area contributed by atoms with Crippen molar-refractivity contribution < 1.29 is 14.5 Å². The highest BCUT2D eigenvalue weighted by atomic mass is 35.5. The lowest BCUT2D eigenvalue weighted by molar-refractivity contribution is -0.384. The van der Waals surface area contributed by atoms with Crippen molar-refractivity contribution in [1.29, 1.82) is 0 Å². The van der Waals surface area contributed by atoms with Gasteiger partial charge in [-0.25, -0.2) is 4.98 Å². The zero-order chi connectivity index (χ0) is 17.3. The number of carbonyl (C=O) groups is 1. The van der Waals surface area contributed by atoms with Gasteiger partial charge in [-0.3, -0.25) is 20.2 Å². The molecule has 1 N–H and O–H groups in total. The van der Waals surface area contributed by atoms with Crippen LogP contribution in [0, 0.1) is 10.1 Å². The lowest BCUT2D eigenvalue weighted by Gasteiger charge is -2.03. The fraction of sp³-hybridized carbons (Fsp3) is 0.0667. The third-order valence-corrected chi connectivity index (χ3v) is 4.46. The summed E-state index contributed by atoms with van der Waals surface area (Å²) < 4.78 is 5.68. The Hall–Kier alpha value is -2.71. The molecule has 3 rings (SSSR count). The van der Waals surface area contributed by atoms with Crippen molar-refractivity contribution in [3.8, 4) is 5.75 Å². The van der Waals surface area contributed by atoms with Gasteiger partial charge in [-0.15, -0.1) is 0 Å². The molecule has 2 aromatic carbocycles. The van der Waals surface area contributed by atoms with Gasteiger partial charge in [0.1, 0.15) is 5.52 Å². The molecule has 0 aliphatic rings. The number of nitro groups is 1. The van der Waals surface area contributed by atoms with E-state index in [4.69, 9.17) is 16.3 Å². The van der Waals surface area contributed by atoms with Gasteiger partial charge in [-0.1, -0.05) is 35.1 Å². The lowest BCUT2D eigenvalue weighted by atomic mass is 10.2. The maximum Gasteiger partial charge on any atom is 0.274 e. The number of non-ortho nitro benzene ring substituents is 1. The number of nitro benzene ring substituents is 1. The van der Waals surface area contributed by atoms with E-state index in [1.807, 2.05) is 0 Å². The average Bonchev–Trinajstić information content (AvgIpc) is 2.96. The largest absolute Gasteiger partial charge is 0.494 e. The van der Waals surface area contributed by atoms with Crippen LogP contribution in [-0.2, 0) is 0 Å². The molecule has 0 bridgehead atoms. The number of aromatic nitrogens is 1. The Bertz CT molecular complexity index is 957. The summed E-state index contributed by atoms with van der Waals surface area (Å²) in [5, 5.41) is 14.2. The zero-order valence-electron chi connectivity index (χ0n) is 12.3. The molecule has 1 heterocycles. The number of amides is 1. The molecule has 0 saturated carbocycles. The monoisotopic (exact) mass is 363 g/mol. The number of hydrogen-bond donors (Lipinski definition) is 1. The lowest BCUT2D eigenvalue weighted by Crippen LogP contribution is -2.12. The predicted octanol–water partition coefficient (Wildman–Crippen LogP) is 4.12. The first kappa shape index (κ1) is 16.2. The highest BCUT2D eigenvalue weighted by Crippen LogP contribution is 2.36. The van der Waals surface area contributed by atoms with Crippen LogP contribution in [0.15, 0.2) is 36.4 Å². The van der Waals surface area contributed by atoms with E-state index >= 15 is 0 Å². The van der Waals surface area contributed by atoms with Gasteiger partial charge in [0, 0.05) is 6.07 Å². The molecule has 0 spiro atoms. The molecular formula is C15H10ClN3O4S. The summed E-state index contributed by atoms with van der Waals surface area (Å²) in [4.78, 5) is 27.0. The van der Waals surface area contributed by atoms with Gasteiger partial charge in [0.05, 0.1) is 33.4 Å². The van der Waals surface area contributed by atoms with E-state index < -0.39 is 10.8 Å². The molecule has 0 fully saturated rings. The van der Waals surface area contributed by atoms with Gasteiger partial charge >= 0.3 is 0 Å². The summed E-state index contributed by atoms with van der Waals surface area (Å²) in [6.45, 7) is 0. The first-order valence-corrected chi connectivity index (χ1v) is 7.88. The smallest absolute Gasteiger partial charge is 0.274 e. The number of halogens is 1. The van der Waals surface area contributed by atoms with Crippen molar-refractivity contribution in [3.05, 3.63) is 57.1 Å². The second-order valence-corrected chi connectivity index (χ2v) is 6.14. The van der Waals surface area contributed by atoms with Crippen LogP contribution in [0.25, 0.3) is 10.2 Å². The Morgan fingerprint density at radius 1 is 1.38 bits per heavy atom. The minimum atomic E-state index is -0.510. The van der Waals surface area contributed by atoms with Crippen molar-refractivity contribution >= 4 is 49.9 Å². The number of hydrogen-bond acceptors (Lipinski definition) is 6. The van der Waals surface area contributed by atoms with Crippen molar-refractivity contribution in [2.75, 3.05) is 12.4 Å². The topological polar surface area (TPSA) is 94.4 Å². The molecule has 0 aliphatic carbocycles. The van der Waals surface area contributed by atoms with Crippen molar-refractivity contribution in [1.82, 2.24) is 4.98 Å². The maximum absolute atomic E-state index is 12.3. The third kappa shape index (κ3) is 3.01. The van der Waals surface area contributed by atoms with Gasteiger partial charge in [0.15, 0.2) is 10.9 Å². The number of nitrogens with one attached hydrogen (secondary N) is 1. The summed E-state index contributed by atoms with van der Waals surface area (Å²) in [6, 6.07) is 9.31. The Kier molecular flexibility index (Phi) is 4.32. The van der Waals surface area contributed by atoms with Crippen LogP contribution in [0.2, 0.25) is 5.02 Å². The zero-order valence-corrected chi connectivity index (χ0v) is 13.9. The molecule has 24 heavy (non-hydrogen) atoms. The van der Waals surface area contributed by atoms with E-state index in [0.717, 1.165) is 11.3 Å². The molecule has 1 aromatic heterocycles. The predicted molar refractivity (Wildman–Crippen MR) is 92.2 cm³/mol. The number of benzene rings is 2. The summed E-state index contributed by atoms with van der Waals surface area (Å²) in [6.07, 6.45) is 0. The van der Waals surface area contributed by atoms with E-state index in [2.05, 4.69) is 10.3 Å². The minimum Gasteiger partial charge on any atom is -0.494 e. The highest BCUT2D eigenvalue weighted by molar-refractivity contribution is 7.22. The van der Waals surface area contributed by atoms with Crippen LogP contribution >= 0.6 is 22.9 Å². The van der Waals surface area contributed by atoms with Crippen LogP contribution in [0.4, 0.5) is 10.8 Å². The number of nitrogens with zero attached hydrogens (tertiary/aromatic N) is 2. The van der Waals surface area contributed by atoms with Gasteiger partial charge in [0.2, 0.25) is 0 Å². The number of rotatable bonds is 4. The molecule has 0 saturated heterocycles. The Labute approximate surface area is 145 Å². The second kappa shape index (κ2) is 6.42. The van der Waals surface area contributed by atoms with E-state index in [9.17, 15) is 14.9 Å². The van der Waals surface area contributed by atoms with Crippen LogP contribution < -0.4 is 10.1 Å². The van der Waals surface area contributed by atoms with Crippen LogP contribution in [0.5, 0.6) is 5.75 Å². The number of thiazole rings is 1. The molecular weight excluding hydrogens is 354 g/mol. The Morgan fingerprint density at radius 2 is 2.12 bits per heavy atom. The molecule has 3 aromatic rings. The van der Waals surface area contributed by atoms with Gasteiger partial charge in [-0.05, 0) is 12.1 Å². The molecule has 1 amide bonds. The first-order valence-electron chi connectivity index (χ1n) is 6.68. The van der Waals surface area contributed by atoms with Crippen LogP contribution in [0.1, 0.15) is 10.4 Å². The molecule has 122 valence electrons. The fourth-order valence-electron chi connectivity index (χ4n) is 2.11. The van der Waals surface area contributed by atoms with Gasteiger partial charge < -0.3 is 4.74 Å². The van der Waals surface area contributed by atoms with Crippen LogP contribution in [-0.4, -0.2) is 22.9 Å². The van der Waals surface area contributed by atoms with E-state index in [1.54, 1.807) is 24.3 Å². The standard InChI is InChI=1S/C15H10ClN3O4S/c1-23-11-6-8(19(21)22)7-12-13(11)17-15(24-12)18-14(20)9-4-2-3-5-10(9)16/h2-7H,1H3,(H,17,18,20). The van der Waals surface area contributed by atoms with Crippen molar-refractivity contribution in [2.24, 2.45) is 0 Å². The molecule has 0 aliphatic heterocycles. The molecule has 7 nitrogen and oxygen atoms in total. The summed E-state index contributed by atoms with van der Waals surface area (Å²) >= 11 is 7.11. The average molecular weight is 364 g/mol. The highest BCUT2D eigenvalue weighted by Gasteiger charge is 2.18. The number of carbonyl (C=O) groups excluding carboxylic acids is 1. The third-order valence-electron chi connectivity index (χ3n) is 3.21. The molecule has 0 unspecified atom stereocenters. The second-order valence-electron chi connectivity index (χ2n) is 4.70.